The van der Waals surface area contributed by atoms with Gasteiger partial charge < -0.3 is 9.47 Å². The summed E-state index contributed by atoms with van der Waals surface area (Å²) in [4.78, 5) is 21.8. The lowest BCUT2D eigenvalue weighted by molar-refractivity contribution is -0.151. The molecule has 0 heterocycles. The average Bonchev–Trinajstić information content (AvgIpc) is 2.14. The van der Waals surface area contributed by atoms with Crippen LogP contribution in [0.4, 0.5) is 0 Å². The van der Waals surface area contributed by atoms with Crippen molar-refractivity contribution in [1.29, 1.82) is 0 Å². The normalized spacial score (nSPS) is 10.8. The number of halogens is 1. The zero-order valence-electron chi connectivity index (χ0n) is 7.50. The molecule has 0 aromatic rings. The quantitative estimate of drug-likeness (QED) is 0.241. The van der Waals surface area contributed by atoms with Gasteiger partial charge in [-0.25, -0.2) is 4.79 Å². The fourth-order valence-electron chi connectivity index (χ4n) is 0.559. The molecule has 0 N–H and O–H groups in total. The maximum absolute atomic E-state index is 11.0. The summed E-state index contributed by atoms with van der Waals surface area (Å²) in [5.74, 6) is -1.19. The van der Waals surface area contributed by atoms with Gasteiger partial charge in [0.2, 0.25) is 0 Å². The van der Waals surface area contributed by atoms with E-state index in [0.717, 1.165) is 6.08 Å². The van der Waals surface area contributed by atoms with Crippen molar-refractivity contribution in [3.8, 4) is 0 Å². The minimum absolute atomic E-state index is 0.190. The molecule has 5 heteroatoms. The Bertz CT molecular complexity index is 216. The summed E-state index contributed by atoms with van der Waals surface area (Å²) in [6.07, 6.45) is 1.10. The molecule has 0 atom stereocenters. The second-order valence-corrected chi connectivity index (χ2v) is 2.59. The number of carbonyl (C=O) groups is 2. The SMILES string of the molecule is CCOC(=O)C(=O)/C=C(/CBr)OC. The summed E-state index contributed by atoms with van der Waals surface area (Å²) in [5.41, 5.74) is 0. The van der Waals surface area contributed by atoms with E-state index in [1.165, 1.54) is 7.11 Å². The van der Waals surface area contributed by atoms with Gasteiger partial charge in [-0.1, -0.05) is 15.9 Å². The zero-order valence-corrected chi connectivity index (χ0v) is 9.09. The molecule has 0 aromatic carbocycles. The maximum atomic E-state index is 11.0. The van der Waals surface area contributed by atoms with Crippen LogP contribution in [-0.2, 0) is 19.1 Å². The third kappa shape index (κ3) is 4.67. The van der Waals surface area contributed by atoms with Gasteiger partial charge in [0.05, 0.1) is 19.0 Å². The molecule has 0 aliphatic carbocycles. The number of carbonyl (C=O) groups excluding carboxylic acids is 2. The predicted octanol–water partition coefficient (Wildman–Crippen LogP) is 1.04. The number of alkyl halides is 1. The van der Waals surface area contributed by atoms with Crippen LogP contribution in [0, 0.1) is 0 Å². The molecule has 0 spiro atoms. The van der Waals surface area contributed by atoms with Gasteiger partial charge in [-0.15, -0.1) is 0 Å². The third-order valence-corrected chi connectivity index (χ3v) is 1.72. The van der Waals surface area contributed by atoms with Crippen molar-refractivity contribution >= 4 is 27.7 Å². The van der Waals surface area contributed by atoms with E-state index in [2.05, 4.69) is 20.7 Å². The number of esters is 1. The van der Waals surface area contributed by atoms with Crippen LogP contribution in [0.2, 0.25) is 0 Å². The third-order valence-electron chi connectivity index (χ3n) is 1.16. The van der Waals surface area contributed by atoms with Gasteiger partial charge in [0.1, 0.15) is 5.76 Å². The lowest BCUT2D eigenvalue weighted by Gasteiger charge is -2.00. The van der Waals surface area contributed by atoms with Crippen LogP contribution < -0.4 is 0 Å². The van der Waals surface area contributed by atoms with Crippen molar-refractivity contribution in [2.75, 3.05) is 19.0 Å². The van der Waals surface area contributed by atoms with E-state index in [4.69, 9.17) is 4.74 Å². The summed E-state index contributed by atoms with van der Waals surface area (Å²) >= 11 is 3.09. The lowest BCUT2D eigenvalue weighted by Crippen LogP contribution is -2.15. The number of ether oxygens (including phenoxy) is 2. The van der Waals surface area contributed by atoms with Gasteiger partial charge in [0.15, 0.2) is 0 Å². The summed E-state index contributed by atoms with van der Waals surface area (Å²) in [7, 11) is 1.42. The highest BCUT2D eigenvalue weighted by Crippen LogP contribution is 2.00. The van der Waals surface area contributed by atoms with Crippen molar-refractivity contribution in [3.05, 3.63) is 11.8 Å². The smallest absolute Gasteiger partial charge is 0.379 e. The van der Waals surface area contributed by atoms with Crippen molar-refractivity contribution < 1.29 is 19.1 Å². The van der Waals surface area contributed by atoms with E-state index in [1.807, 2.05) is 0 Å². The Hall–Kier alpha value is -0.840. The van der Waals surface area contributed by atoms with Gasteiger partial charge >= 0.3 is 5.97 Å². The Balaban J connectivity index is 4.26. The summed E-state index contributed by atoms with van der Waals surface area (Å²) in [6.45, 7) is 1.83. The first kappa shape index (κ1) is 12.2. The first-order chi connectivity index (χ1) is 6.15. The van der Waals surface area contributed by atoms with Gasteiger partial charge in [0, 0.05) is 6.08 Å². The van der Waals surface area contributed by atoms with Crippen molar-refractivity contribution in [2.24, 2.45) is 0 Å². The minimum atomic E-state index is -0.863. The van der Waals surface area contributed by atoms with E-state index in [9.17, 15) is 9.59 Å². The second-order valence-electron chi connectivity index (χ2n) is 2.03. The Morgan fingerprint density at radius 2 is 2.08 bits per heavy atom. The van der Waals surface area contributed by atoms with Gasteiger partial charge in [-0.05, 0) is 6.92 Å². The number of methoxy groups -OCH3 is 1. The van der Waals surface area contributed by atoms with Gasteiger partial charge in [-0.3, -0.25) is 4.79 Å². The molecule has 0 saturated heterocycles. The summed E-state index contributed by atoms with van der Waals surface area (Å²) < 4.78 is 9.27. The molecule has 0 unspecified atom stereocenters. The highest BCUT2D eigenvalue weighted by atomic mass is 79.9. The largest absolute Gasteiger partial charge is 0.500 e. The number of hydrogen-bond acceptors (Lipinski definition) is 4. The molecule has 0 aliphatic rings. The maximum Gasteiger partial charge on any atom is 0.379 e. The molecule has 0 fully saturated rings. The van der Waals surface area contributed by atoms with Crippen molar-refractivity contribution in [1.82, 2.24) is 0 Å². The van der Waals surface area contributed by atoms with Crippen LogP contribution in [0.15, 0.2) is 11.8 Å². The summed E-state index contributed by atoms with van der Waals surface area (Å²) in [5, 5.41) is 0.384. The van der Waals surface area contributed by atoms with Crippen molar-refractivity contribution in [3.63, 3.8) is 0 Å². The van der Waals surface area contributed by atoms with Crippen LogP contribution in [0.1, 0.15) is 6.92 Å². The molecule has 0 aromatic heterocycles. The molecular formula is C8H11BrO4. The molecule has 0 amide bonds. The lowest BCUT2D eigenvalue weighted by atomic mass is 10.3. The average molecular weight is 251 g/mol. The predicted molar refractivity (Wildman–Crippen MR) is 50.5 cm³/mol. The van der Waals surface area contributed by atoms with Crippen LogP contribution >= 0.6 is 15.9 Å². The Morgan fingerprint density at radius 1 is 1.46 bits per heavy atom. The van der Waals surface area contributed by atoms with E-state index < -0.39 is 11.8 Å². The topological polar surface area (TPSA) is 52.6 Å². The van der Waals surface area contributed by atoms with Crippen LogP contribution in [0.25, 0.3) is 0 Å². The standard InChI is InChI=1S/C8H11BrO4/c1-3-13-8(11)7(10)4-6(5-9)12-2/h4H,3,5H2,1-2H3/b6-4-. The number of ketones is 1. The Morgan fingerprint density at radius 3 is 2.46 bits per heavy atom. The van der Waals surface area contributed by atoms with Crippen molar-refractivity contribution in [2.45, 2.75) is 6.92 Å². The monoisotopic (exact) mass is 250 g/mol. The first-order valence-corrected chi connectivity index (χ1v) is 4.79. The molecular weight excluding hydrogens is 240 g/mol. The first-order valence-electron chi connectivity index (χ1n) is 3.67. The Kier molecular flexibility index (Phi) is 6.22. The van der Waals surface area contributed by atoms with Gasteiger partial charge in [-0.2, -0.15) is 0 Å². The van der Waals surface area contributed by atoms with Crippen LogP contribution in [-0.4, -0.2) is 30.8 Å². The second kappa shape index (κ2) is 6.65. The number of hydrogen-bond donors (Lipinski definition) is 0. The zero-order chi connectivity index (χ0) is 10.3. The number of rotatable bonds is 5. The van der Waals surface area contributed by atoms with E-state index >= 15 is 0 Å². The van der Waals surface area contributed by atoms with Gasteiger partial charge in [0.25, 0.3) is 5.78 Å². The summed E-state index contributed by atoms with van der Waals surface area (Å²) in [6, 6.07) is 0. The van der Waals surface area contributed by atoms with Crippen LogP contribution in [0.3, 0.4) is 0 Å². The van der Waals surface area contributed by atoms with E-state index in [-0.39, 0.29) is 6.61 Å². The minimum Gasteiger partial charge on any atom is -0.500 e. The van der Waals surface area contributed by atoms with E-state index in [1.54, 1.807) is 6.92 Å². The molecule has 0 radical (unpaired) electrons. The molecule has 4 nitrogen and oxygen atoms in total. The van der Waals surface area contributed by atoms with Crippen LogP contribution in [0.5, 0.6) is 0 Å². The van der Waals surface area contributed by atoms with E-state index in [0.29, 0.717) is 11.1 Å². The number of allylic oxidation sites excluding steroid dienone is 1. The molecule has 0 rings (SSSR count). The highest BCUT2D eigenvalue weighted by Gasteiger charge is 2.12. The fraction of sp³-hybridized carbons (Fsp3) is 0.500. The molecule has 0 saturated carbocycles. The molecule has 0 aliphatic heterocycles. The Labute approximate surface area is 85.0 Å². The molecule has 0 bridgehead atoms. The molecule has 13 heavy (non-hydrogen) atoms. The fourth-order valence-corrected chi connectivity index (χ4v) is 0.950. The highest BCUT2D eigenvalue weighted by molar-refractivity contribution is 9.09. The molecule has 74 valence electrons.